The van der Waals surface area contributed by atoms with E-state index in [1.807, 2.05) is 36.1 Å². The third-order valence-electron chi connectivity index (χ3n) is 6.01. The quantitative estimate of drug-likeness (QED) is 0.508. The van der Waals surface area contributed by atoms with Crippen molar-refractivity contribution in [2.75, 3.05) is 22.7 Å². The number of benzene rings is 1. The standard InChI is InChI=1S/C24H25ClN4O4S/c1-16-7-3-4-8-17(16)22-18(25)11-12-19(26-22)28-34(32,33)21-10-5-9-20(27-21)29-14-6-13-24(2,15-29)23(30)31/h3-5,7-12H,6,13-15H2,1-2H3,(H,26,28)(H,30,31). The average molecular weight is 501 g/mol. The Morgan fingerprint density at radius 2 is 1.88 bits per heavy atom. The molecule has 3 heterocycles. The third kappa shape index (κ3) is 4.85. The molecular formula is C24H25ClN4O4S. The summed E-state index contributed by atoms with van der Waals surface area (Å²) in [5.74, 6) is -0.341. The second-order valence-corrected chi connectivity index (χ2v) is 10.7. The lowest BCUT2D eigenvalue weighted by atomic mass is 9.82. The van der Waals surface area contributed by atoms with Crippen LogP contribution in [0.15, 0.2) is 59.6 Å². The van der Waals surface area contributed by atoms with E-state index in [1.165, 1.54) is 12.1 Å². The van der Waals surface area contributed by atoms with Crippen LogP contribution in [-0.4, -0.2) is 42.6 Å². The fourth-order valence-electron chi connectivity index (χ4n) is 4.06. The number of aromatic nitrogens is 2. The van der Waals surface area contributed by atoms with Gasteiger partial charge in [0, 0.05) is 18.7 Å². The van der Waals surface area contributed by atoms with E-state index in [4.69, 9.17) is 11.6 Å². The Morgan fingerprint density at radius 3 is 2.62 bits per heavy atom. The smallest absolute Gasteiger partial charge is 0.311 e. The van der Waals surface area contributed by atoms with Gasteiger partial charge in [0.2, 0.25) is 0 Å². The zero-order chi connectivity index (χ0) is 24.5. The van der Waals surface area contributed by atoms with Crippen LogP contribution >= 0.6 is 11.6 Å². The molecule has 34 heavy (non-hydrogen) atoms. The molecule has 1 saturated heterocycles. The van der Waals surface area contributed by atoms with Crippen molar-refractivity contribution in [1.82, 2.24) is 9.97 Å². The molecule has 0 bridgehead atoms. The van der Waals surface area contributed by atoms with Gasteiger partial charge in [-0.3, -0.25) is 9.52 Å². The van der Waals surface area contributed by atoms with Crippen molar-refractivity contribution >= 4 is 39.2 Å². The van der Waals surface area contributed by atoms with Gasteiger partial charge in [0.05, 0.1) is 16.1 Å². The van der Waals surface area contributed by atoms with Gasteiger partial charge in [0.15, 0.2) is 5.03 Å². The Kier molecular flexibility index (Phi) is 6.51. The van der Waals surface area contributed by atoms with Crippen molar-refractivity contribution in [3.05, 3.63) is 65.2 Å². The molecular weight excluding hydrogens is 476 g/mol. The van der Waals surface area contributed by atoms with Crippen molar-refractivity contribution in [2.45, 2.75) is 31.7 Å². The number of rotatable bonds is 6. The molecule has 1 aliphatic heterocycles. The molecule has 1 unspecified atom stereocenters. The lowest BCUT2D eigenvalue weighted by Crippen LogP contribution is -2.46. The summed E-state index contributed by atoms with van der Waals surface area (Å²) < 4.78 is 28.7. The van der Waals surface area contributed by atoms with Crippen molar-refractivity contribution in [2.24, 2.45) is 5.41 Å². The molecule has 1 aliphatic rings. The number of aliphatic carboxylic acids is 1. The summed E-state index contributed by atoms with van der Waals surface area (Å²) in [5, 5.41) is 9.81. The van der Waals surface area contributed by atoms with Crippen molar-refractivity contribution in [1.29, 1.82) is 0 Å². The molecule has 178 valence electrons. The zero-order valence-electron chi connectivity index (χ0n) is 18.8. The second-order valence-electron chi connectivity index (χ2n) is 8.67. The number of pyridine rings is 2. The van der Waals surface area contributed by atoms with Crippen LogP contribution in [0.4, 0.5) is 11.6 Å². The van der Waals surface area contributed by atoms with Crippen LogP contribution in [0.2, 0.25) is 5.02 Å². The van der Waals surface area contributed by atoms with Crippen LogP contribution in [0, 0.1) is 12.3 Å². The fraction of sp³-hybridized carbons (Fsp3) is 0.292. The first-order chi connectivity index (χ1) is 16.1. The van der Waals surface area contributed by atoms with Crippen molar-refractivity contribution in [3.8, 4) is 11.3 Å². The highest BCUT2D eigenvalue weighted by molar-refractivity contribution is 7.92. The van der Waals surface area contributed by atoms with Crippen LogP contribution in [0.1, 0.15) is 25.3 Å². The summed E-state index contributed by atoms with van der Waals surface area (Å²) >= 11 is 6.34. The number of hydrogen-bond acceptors (Lipinski definition) is 6. The van der Waals surface area contributed by atoms with E-state index in [0.717, 1.165) is 11.1 Å². The number of aryl methyl sites for hydroxylation is 1. The predicted octanol–water partition coefficient (Wildman–Crippen LogP) is 4.60. The van der Waals surface area contributed by atoms with Crippen molar-refractivity contribution < 1.29 is 18.3 Å². The van der Waals surface area contributed by atoms with E-state index < -0.39 is 21.4 Å². The van der Waals surface area contributed by atoms with Gasteiger partial charge in [0.1, 0.15) is 11.6 Å². The number of nitrogens with zero attached hydrogens (tertiary/aromatic N) is 3. The summed E-state index contributed by atoms with van der Waals surface area (Å²) in [6, 6.07) is 15.3. The Labute approximate surface area is 203 Å². The number of piperidine rings is 1. The fourth-order valence-corrected chi connectivity index (χ4v) is 5.23. The van der Waals surface area contributed by atoms with Gasteiger partial charge >= 0.3 is 5.97 Å². The van der Waals surface area contributed by atoms with E-state index in [0.29, 0.717) is 35.9 Å². The van der Waals surface area contributed by atoms with E-state index >= 15 is 0 Å². The highest BCUT2D eigenvalue weighted by atomic mass is 35.5. The van der Waals surface area contributed by atoms with Gasteiger partial charge in [-0.25, -0.2) is 9.97 Å². The first kappa shape index (κ1) is 24.0. The van der Waals surface area contributed by atoms with Gasteiger partial charge < -0.3 is 10.0 Å². The molecule has 0 saturated carbocycles. The first-order valence-corrected chi connectivity index (χ1v) is 12.7. The molecule has 4 rings (SSSR count). The highest BCUT2D eigenvalue weighted by Gasteiger charge is 2.38. The molecule has 3 aromatic rings. The summed E-state index contributed by atoms with van der Waals surface area (Å²) in [7, 11) is -4.05. The maximum Gasteiger partial charge on any atom is 0.311 e. The number of carboxylic acids is 1. The average Bonchev–Trinajstić information content (AvgIpc) is 2.81. The maximum atomic E-state index is 13.1. The van der Waals surface area contributed by atoms with Crippen LogP contribution in [0.3, 0.4) is 0 Å². The monoisotopic (exact) mass is 500 g/mol. The first-order valence-electron chi connectivity index (χ1n) is 10.8. The number of carbonyl (C=O) groups is 1. The normalized spacial score (nSPS) is 18.5. The minimum Gasteiger partial charge on any atom is -0.481 e. The molecule has 10 heteroatoms. The molecule has 0 aliphatic carbocycles. The summed E-state index contributed by atoms with van der Waals surface area (Å²) in [6.07, 6.45) is 1.24. The zero-order valence-corrected chi connectivity index (χ0v) is 20.4. The van der Waals surface area contributed by atoms with Gasteiger partial charge in [-0.2, -0.15) is 8.42 Å². The second kappa shape index (κ2) is 9.23. The highest BCUT2D eigenvalue weighted by Crippen LogP contribution is 2.33. The Bertz CT molecular complexity index is 1350. The van der Waals surface area contributed by atoms with Crippen LogP contribution in [-0.2, 0) is 14.8 Å². The van der Waals surface area contributed by atoms with Crippen LogP contribution in [0.25, 0.3) is 11.3 Å². The Balaban J connectivity index is 1.61. The molecule has 0 spiro atoms. The largest absolute Gasteiger partial charge is 0.481 e. The number of anilines is 2. The maximum absolute atomic E-state index is 13.1. The SMILES string of the molecule is Cc1ccccc1-c1nc(NS(=O)(=O)c2cccc(N3CCCC(C)(C(=O)O)C3)n2)ccc1Cl. The molecule has 0 amide bonds. The van der Waals surface area contributed by atoms with Crippen LogP contribution < -0.4 is 9.62 Å². The van der Waals surface area contributed by atoms with Gasteiger partial charge in [-0.1, -0.05) is 41.9 Å². The summed E-state index contributed by atoms with van der Waals surface area (Å²) in [5.41, 5.74) is 1.33. The number of carboxylic acid groups (broad SMARTS) is 1. The molecule has 8 nitrogen and oxygen atoms in total. The molecule has 1 fully saturated rings. The van der Waals surface area contributed by atoms with Crippen molar-refractivity contribution in [3.63, 3.8) is 0 Å². The lowest BCUT2D eigenvalue weighted by Gasteiger charge is -2.38. The number of sulfonamides is 1. The Morgan fingerprint density at radius 1 is 1.12 bits per heavy atom. The van der Waals surface area contributed by atoms with Crippen LogP contribution in [0.5, 0.6) is 0 Å². The van der Waals surface area contributed by atoms with Gasteiger partial charge in [-0.15, -0.1) is 0 Å². The van der Waals surface area contributed by atoms with Gasteiger partial charge in [-0.05, 0) is 56.5 Å². The Hall–Kier alpha value is -3.17. The molecule has 1 aromatic carbocycles. The van der Waals surface area contributed by atoms with E-state index in [-0.39, 0.29) is 17.4 Å². The molecule has 2 N–H and O–H groups in total. The lowest BCUT2D eigenvalue weighted by molar-refractivity contribution is -0.148. The molecule has 2 aromatic heterocycles. The minimum absolute atomic E-state index is 0.117. The minimum atomic E-state index is -4.05. The number of halogens is 1. The topological polar surface area (TPSA) is 112 Å². The summed E-state index contributed by atoms with van der Waals surface area (Å²) in [4.78, 5) is 22.3. The number of nitrogens with one attached hydrogen (secondary N) is 1. The molecule has 0 radical (unpaired) electrons. The predicted molar refractivity (Wildman–Crippen MR) is 132 cm³/mol. The molecule has 1 atom stereocenters. The van der Waals surface area contributed by atoms with E-state index in [9.17, 15) is 18.3 Å². The van der Waals surface area contributed by atoms with E-state index in [2.05, 4.69) is 14.7 Å². The third-order valence-corrected chi connectivity index (χ3v) is 7.57. The van der Waals surface area contributed by atoms with E-state index in [1.54, 1.807) is 25.1 Å². The summed E-state index contributed by atoms with van der Waals surface area (Å²) in [6.45, 7) is 4.48. The van der Waals surface area contributed by atoms with Gasteiger partial charge in [0.25, 0.3) is 10.0 Å². The number of hydrogen-bond donors (Lipinski definition) is 2.